The van der Waals surface area contributed by atoms with Crippen LogP contribution in [0.15, 0.2) is 18.3 Å². The van der Waals surface area contributed by atoms with E-state index < -0.39 is 17.9 Å². The molecular formula is C11H13ClN2O3. The number of rotatable bonds is 5. The van der Waals surface area contributed by atoms with Crippen LogP contribution in [-0.4, -0.2) is 28.0 Å². The van der Waals surface area contributed by atoms with Crippen molar-refractivity contribution in [2.75, 3.05) is 0 Å². The fraction of sp³-hybridized carbons (Fsp3) is 0.364. The van der Waals surface area contributed by atoms with Gasteiger partial charge >= 0.3 is 5.97 Å². The van der Waals surface area contributed by atoms with Crippen LogP contribution in [0.2, 0.25) is 5.02 Å². The summed E-state index contributed by atoms with van der Waals surface area (Å²) in [4.78, 5) is 26.1. The lowest BCUT2D eigenvalue weighted by molar-refractivity contribution is -0.137. The van der Waals surface area contributed by atoms with Crippen molar-refractivity contribution < 1.29 is 14.7 Å². The molecule has 5 nitrogen and oxygen atoms in total. The number of hydrogen-bond donors (Lipinski definition) is 2. The van der Waals surface area contributed by atoms with E-state index in [0.717, 1.165) is 0 Å². The molecule has 1 aromatic heterocycles. The topological polar surface area (TPSA) is 79.3 Å². The number of carbonyl (C=O) groups is 2. The van der Waals surface area contributed by atoms with Gasteiger partial charge in [-0.2, -0.15) is 0 Å². The summed E-state index contributed by atoms with van der Waals surface area (Å²) >= 11 is 5.65. The van der Waals surface area contributed by atoms with Crippen LogP contribution in [0.25, 0.3) is 0 Å². The zero-order valence-corrected chi connectivity index (χ0v) is 10.1. The van der Waals surface area contributed by atoms with Crippen LogP contribution in [0.3, 0.4) is 0 Å². The van der Waals surface area contributed by atoms with Crippen molar-refractivity contribution in [2.45, 2.75) is 25.8 Å². The fourth-order valence-electron chi connectivity index (χ4n) is 1.28. The molecule has 0 bridgehead atoms. The van der Waals surface area contributed by atoms with Gasteiger partial charge < -0.3 is 10.4 Å². The largest absolute Gasteiger partial charge is 0.481 e. The number of amides is 1. The van der Waals surface area contributed by atoms with E-state index in [1.165, 1.54) is 12.3 Å². The van der Waals surface area contributed by atoms with Gasteiger partial charge in [0.25, 0.3) is 5.91 Å². The zero-order valence-electron chi connectivity index (χ0n) is 9.31. The van der Waals surface area contributed by atoms with E-state index in [1.807, 2.05) is 6.92 Å². The van der Waals surface area contributed by atoms with Crippen LogP contribution in [0.5, 0.6) is 0 Å². The predicted octanol–water partition coefficient (Wildman–Crippen LogP) is 1.72. The van der Waals surface area contributed by atoms with E-state index in [-0.39, 0.29) is 12.1 Å². The van der Waals surface area contributed by atoms with E-state index in [0.29, 0.717) is 11.4 Å². The number of carbonyl (C=O) groups excluding carboxylic acids is 1. The number of nitrogens with one attached hydrogen (secondary N) is 1. The van der Waals surface area contributed by atoms with Gasteiger partial charge in [-0.1, -0.05) is 18.5 Å². The van der Waals surface area contributed by atoms with Crippen molar-refractivity contribution in [3.8, 4) is 0 Å². The highest BCUT2D eigenvalue weighted by Gasteiger charge is 2.15. The van der Waals surface area contributed by atoms with E-state index in [1.54, 1.807) is 6.07 Å². The lowest BCUT2D eigenvalue weighted by Crippen LogP contribution is -2.36. The summed E-state index contributed by atoms with van der Waals surface area (Å²) in [7, 11) is 0. The Bertz CT molecular complexity index is 406. The second kappa shape index (κ2) is 6.20. The predicted molar refractivity (Wildman–Crippen MR) is 63.0 cm³/mol. The maximum absolute atomic E-state index is 11.7. The summed E-state index contributed by atoms with van der Waals surface area (Å²) in [5.74, 6) is -1.34. The standard InChI is InChI=1S/C11H13ClN2O3/c1-2-8(5-10(15)16)14-11(17)9-4-3-7(12)6-13-9/h3-4,6,8H,2,5H2,1H3,(H,14,17)(H,15,16). The third kappa shape index (κ3) is 4.40. The van der Waals surface area contributed by atoms with Gasteiger partial charge in [-0.25, -0.2) is 4.98 Å². The van der Waals surface area contributed by atoms with Crippen LogP contribution in [0.4, 0.5) is 0 Å². The van der Waals surface area contributed by atoms with Gasteiger partial charge in [0.05, 0.1) is 11.4 Å². The molecule has 1 amide bonds. The Hall–Kier alpha value is -1.62. The number of halogens is 1. The fourth-order valence-corrected chi connectivity index (χ4v) is 1.39. The van der Waals surface area contributed by atoms with Gasteiger partial charge in [0.2, 0.25) is 0 Å². The van der Waals surface area contributed by atoms with Gasteiger partial charge in [0.1, 0.15) is 5.69 Å². The first-order chi connectivity index (χ1) is 8.02. The summed E-state index contributed by atoms with van der Waals surface area (Å²) in [6.07, 6.45) is 1.82. The van der Waals surface area contributed by atoms with Gasteiger partial charge in [0, 0.05) is 12.2 Å². The second-order valence-corrected chi connectivity index (χ2v) is 3.97. The maximum atomic E-state index is 11.7. The average Bonchev–Trinajstić information content (AvgIpc) is 2.28. The van der Waals surface area contributed by atoms with Crippen molar-refractivity contribution in [3.05, 3.63) is 29.0 Å². The molecule has 92 valence electrons. The quantitative estimate of drug-likeness (QED) is 0.841. The Balaban J connectivity index is 2.64. The summed E-state index contributed by atoms with van der Waals surface area (Å²) in [6, 6.07) is 2.66. The molecule has 0 saturated carbocycles. The van der Waals surface area contributed by atoms with Crippen LogP contribution in [-0.2, 0) is 4.79 Å². The molecule has 17 heavy (non-hydrogen) atoms. The highest BCUT2D eigenvalue weighted by atomic mass is 35.5. The minimum absolute atomic E-state index is 0.101. The Morgan fingerprint density at radius 3 is 2.71 bits per heavy atom. The summed E-state index contributed by atoms with van der Waals surface area (Å²) < 4.78 is 0. The molecule has 1 unspecified atom stereocenters. The first kappa shape index (κ1) is 13.4. The molecule has 0 aromatic carbocycles. The maximum Gasteiger partial charge on any atom is 0.305 e. The van der Waals surface area contributed by atoms with E-state index in [4.69, 9.17) is 16.7 Å². The first-order valence-corrected chi connectivity index (χ1v) is 5.55. The minimum Gasteiger partial charge on any atom is -0.481 e. The Morgan fingerprint density at radius 1 is 1.53 bits per heavy atom. The number of carboxylic acid groups (broad SMARTS) is 1. The first-order valence-electron chi connectivity index (χ1n) is 5.17. The highest BCUT2D eigenvalue weighted by molar-refractivity contribution is 6.30. The van der Waals surface area contributed by atoms with E-state index in [2.05, 4.69) is 10.3 Å². The lowest BCUT2D eigenvalue weighted by atomic mass is 10.1. The number of nitrogens with zero attached hydrogens (tertiary/aromatic N) is 1. The molecule has 0 radical (unpaired) electrons. The van der Waals surface area contributed by atoms with E-state index in [9.17, 15) is 9.59 Å². The number of aromatic nitrogens is 1. The smallest absolute Gasteiger partial charge is 0.305 e. The minimum atomic E-state index is -0.943. The normalized spacial score (nSPS) is 11.9. The molecule has 0 aliphatic heterocycles. The van der Waals surface area contributed by atoms with Crippen LogP contribution in [0, 0.1) is 0 Å². The molecule has 6 heteroatoms. The number of carboxylic acids is 1. The van der Waals surface area contributed by atoms with Crippen LogP contribution >= 0.6 is 11.6 Å². The van der Waals surface area contributed by atoms with Crippen molar-refractivity contribution in [2.24, 2.45) is 0 Å². The monoisotopic (exact) mass is 256 g/mol. The van der Waals surface area contributed by atoms with Gasteiger partial charge in [-0.05, 0) is 18.6 Å². The molecule has 1 atom stereocenters. The number of hydrogen-bond acceptors (Lipinski definition) is 3. The third-order valence-electron chi connectivity index (χ3n) is 2.21. The molecule has 0 spiro atoms. The highest BCUT2D eigenvalue weighted by Crippen LogP contribution is 2.07. The molecule has 0 saturated heterocycles. The molecular weight excluding hydrogens is 244 g/mol. The van der Waals surface area contributed by atoms with Crippen molar-refractivity contribution in [3.63, 3.8) is 0 Å². The average molecular weight is 257 g/mol. The van der Waals surface area contributed by atoms with Crippen LogP contribution in [0.1, 0.15) is 30.3 Å². The Morgan fingerprint density at radius 2 is 2.24 bits per heavy atom. The summed E-state index contributed by atoms with van der Waals surface area (Å²) in [5.41, 5.74) is 0.221. The Labute approximate surface area is 104 Å². The molecule has 1 rings (SSSR count). The van der Waals surface area contributed by atoms with Crippen LogP contribution < -0.4 is 5.32 Å². The number of aliphatic carboxylic acids is 1. The van der Waals surface area contributed by atoms with Gasteiger partial charge in [0.15, 0.2) is 0 Å². The summed E-state index contributed by atoms with van der Waals surface area (Å²) in [6.45, 7) is 1.81. The van der Waals surface area contributed by atoms with Gasteiger partial charge in [-0.3, -0.25) is 9.59 Å². The summed E-state index contributed by atoms with van der Waals surface area (Å²) in [5, 5.41) is 11.7. The molecule has 1 aromatic rings. The SMILES string of the molecule is CCC(CC(=O)O)NC(=O)c1ccc(Cl)cn1. The molecule has 2 N–H and O–H groups in total. The lowest BCUT2D eigenvalue weighted by Gasteiger charge is -2.14. The molecule has 0 aliphatic carbocycles. The van der Waals surface area contributed by atoms with E-state index >= 15 is 0 Å². The van der Waals surface area contributed by atoms with Crippen molar-refractivity contribution >= 4 is 23.5 Å². The Kier molecular flexibility index (Phi) is 4.90. The molecule has 1 heterocycles. The zero-order chi connectivity index (χ0) is 12.8. The van der Waals surface area contributed by atoms with Gasteiger partial charge in [-0.15, -0.1) is 0 Å². The molecule has 0 fully saturated rings. The molecule has 0 aliphatic rings. The third-order valence-corrected chi connectivity index (χ3v) is 2.43. The second-order valence-electron chi connectivity index (χ2n) is 3.54. The number of pyridine rings is 1. The van der Waals surface area contributed by atoms with Crippen molar-refractivity contribution in [1.82, 2.24) is 10.3 Å². The van der Waals surface area contributed by atoms with Crippen molar-refractivity contribution in [1.29, 1.82) is 0 Å².